The number of carbonyl (C=O) groups excluding carboxylic acids is 1. The van der Waals surface area contributed by atoms with Crippen molar-refractivity contribution in [3.63, 3.8) is 0 Å². The summed E-state index contributed by atoms with van der Waals surface area (Å²) in [6.45, 7) is 0.701. The number of amides is 1. The molecule has 29 heavy (non-hydrogen) atoms. The second-order valence-electron chi connectivity index (χ2n) is 6.61. The topological polar surface area (TPSA) is 91.4 Å². The molecule has 3 rings (SSSR count). The van der Waals surface area contributed by atoms with Gasteiger partial charge in [0.1, 0.15) is 30.0 Å². The van der Waals surface area contributed by atoms with Crippen molar-refractivity contribution in [1.29, 1.82) is 0 Å². The number of nitrogens with zero attached hydrogens (tertiary/aromatic N) is 1. The highest BCUT2D eigenvalue weighted by Gasteiger charge is 2.28. The first-order valence-corrected chi connectivity index (χ1v) is 10.7. The summed E-state index contributed by atoms with van der Waals surface area (Å²) in [5.41, 5.74) is 1.68. The molecule has 1 amide bonds. The molecule has 1 aliphatic rings. The number of ether oxygens (including phenoxy) is 3. The van der Waals surface area contributed by atoms with Crippen LogP contribution in [0.5, 0.6) is 17.2 Å². The Labute approximate surface area is 170 Å². The molecule has 0 radical (unpaired) electrons. The number of rotatable bonds is 7. The molecule has 0 aromatic heterocycles. The zero-order chi connectivity index (χ0) is 21.0. The van der Waals surface area contributed by atoms with Crippen LogP contribution in [-0.4, -0.2) is 52.9 Å². The lowest BCUT2D eigenvalue weighted by Crippen LogP contribution is -2.42. The van der Waals surface area contributed by atoms with Gasteiger partial charge < -0.3 is 23.3 Å². The van der Waals surface area contributed by atoms with Crippen LogP contribution in [0.25, 0.3) is 0 Å². The molecule has 0 unspecified atom stereocenters. The second kappa shape index (κ2) is 8.71. The van der Waals surface area contributed by atoms with E-state index in [9.17, 15) is 13.2 Å². The van der Waals surface area contributed by atoms with Crippen LogP contribution in [0.2, 0.25) is 0 Å². The molecule has 1 aliphatic heterocycles. The van der Waals surface area contributed by atoms with Crippen molar-refractivity contribution < 1.29 is 31.6 Å². The van der Waals surface area contributed by atoms with Gasteiger partial charge in [0.25, 0.3) is 0 Å². The minimum Gasteiger partial charge on any atom is -0.497 e. The van der Waals surface area contributed by atoms with Gasteiger partial charge in [-0.2, -0.15) is 8.42 Å². The first-order valence-electron chi connectivity index (χ1n) is 8.89. The summed E-state index contributed by atoms with van der Waals surface area (Å²) < 4.78 is 43.6. The Bertz CT molecular complexity index is 973. The quantitative estimate of drug-likeness (QED) is 0.633. The fourth-order valence-corrected chi connectivity index (χ4v) is 3.53. The highest BCUT2D eigenvalue weighted by molar-refractivity contribution is 7.86. The Morgan fingerprint density at radius 3 is 2.38 bits per heavy atom. The fourth-order valence-electron chi connectivity index (χ4n) is 3.07. The molecule has 0 N–H and O–H groups in total. The number of hydrogen-bond acceptors (Lipinski definition) is 7. The second-order valence-corrected chi connectivity index (χ2v) is 8.18. The number of hydrogen-bond donors (Lipinski definition) is 0. The normalized spacial score (nSPS) is 17.1. The highest BCUT2D eigenvalue weighted by atomic mass is 32.2. The molecular formula is C20H23NO7S. The molecule has 0 aliphatic carbocycles. The van der Waals surface area contributed by atoms with Crippen molar-refractivity contribution in [2.24, 2.45) is 0 Å². The highest BCUT2D eigenvalue weighted by Crippen LogP contribution is 2.29. The average molecular weight is 421 g/mol. The third-order valence-electron chi connectivity index (χ3n) is 4.50. The molecule has 2 aromatic rings. The summed E-state index contributed by atoms with van der Waals surface area (Å²) >= 11 is 0. The van der Waals surface area contributed by atoms with Gasteiger partial charge in [0.2, 0.25) is 5.91 Å². The van der Waals surface area contributed by atoms with E-state index in [1.165, 1.54) is 0 Å². The van der Waals surface area contributed by atoms with Crippen molar-refractivity contribution in [1.82, 2.24) is 4.90 Å². The molecule has 0 spiro atoms. The van der Waals surface area contributed by atoms with E-state index >= 15 is 0 Å². The van der Waals surface area contributed by atoms with E-state index < -0.39 is 10.1 Å². The Balaban J connectivity index is 1.73. The van der Waals surface area contributed by atoms with Crippen LogP contribution in [0.3, 0.4) is 0 Å². The maximum absolute atomic E-state index is 12.4. The van der Waals surface area contributed by atoms with E-state index in [2.05, 4.69) is 0 Å². The number of methoxy groups -OCH3 is 2. The van der Waals surface area contributed by atoms with E-state index in [0.29, 0.717) is 24.6 Å². The summed E-state index contributed by atoms with van der Waals surface area (Å²) in [5.74, 6) is 1.43. The molecule has 9 heteroatoms. The molecule has 1 atom stereocenters. The van der Waals surface area contributed by atoms with E-state index in [-0.39, 0.29) is 24.4 Å². The van der Waals surface area contributed by atoms with E-state index in [1.807, 2.05) is 12.1 Å². The summed E-state index contributed by atoms with van der Waals surface area (Å²) in [4.78, 5) is 14.1. The average Bonchev–Trinajstić information content (AvgIpc) is 2.69. The lowest BCUT2D eigenvalue weighted by Gasteiger charge is -2.33. The third kappa shape index (κ3) is 5.39. The molecule has 0 saturated carbocycles. The van der Waals surface area contributed by atoms with Crippen LogP contribution in [-0.2, 0) is 26.2 Å². The number of carbonyl (C=O) groups is 1. The maximum Gasteiger partial charge on any atom is 0.306 e. The minimum atomic E-state index is -3.58. The van der Waals surface area contributed by atoms with Gasteiger partial charge >= 0.3 is 10.1 Å². The van der Waals surface area contributed by atoms with Crippen LogP contribution in [0, 0.1) is 0 Å². The van der Waals surface area contributed by atoms with E-state index in [4.69, 9.17) is 18.4 Å². The summed E-state index contributed by atoms with van der Waals surface area (Å²) in [7, 11) is -0.430. The number of benzene rings is 2. The number of morpholine rings is 1. The Hall–Kier alpha value is -2.78. The molecule has 2 aromatic carbocycles. The molecule has 1 heterocycles. The Kier molecular flexibility index (Phi) is 6.29. The largest absolute Gasteiger partial charge is 0.497 e. The Morgan fingerprint density at radius 1 is 1.07 bits per heavy atom. The molecule has 8 nitrogen and oxygen atoms in total. The zero-order valence-electron chi connectivity index (χ0n) is 16.5. The van der Waals surface area contributed by atoms with Crippen LogP contribution in [0.1, 0.15) is 17.2 Å². The van der Waals surface area contributed by atoms with Gasteiger partial charge in [-0.25, -0.2) is 0 Å². The van der Waals surface area contributed by atoms with Crippen LogP contribution in [0.4, 0.5) is 0 Å². The lowest BCUT2D eigenvalue weighted by atomic mass is 10.1. The molecule has 1 fully saturated rings. The molecule has 156 valence electrons. The smallest absolute Gasteiger partial charge is 0.306 e. The predicted octanol–water partition coefficient (Wildman–Crippen LogP) is 2.14. The molecular weight excluding hydrogens is 398 g/mol. The van der Waals surface area contributed by atoms with Crippen molar-refractivity contribution in [2.45, 2.75) is 12.6 Å². The molecule has 1 saturated heterocycles. The van der Waals surface area contributed by atoms with Gasteiger partial charge in [-0.3, -0.25) is 4.79 Å². The van der Waals surface area contributed by atoms with Crippen molar-refractivity contribution in [2.75, 3.05) is 33.6 Å². The zero-order valence-corrected chi connectivity index (χ0v) is 17.3. The third-order valence-corrected chi connectivity index (χ3v) is 5.00. The fraction of sp³-hybridized carbons (Fsp3) is 0.350. The van der Waals surface area contributed by atoms with Crippen LogP contribution < -0.4 is 13.7 Å². The van der Waals surface area contributed by atoms with E-state index in [0.717, 1.165) is 17.4 Å². The Morgan fingerprint density at radius 2 is 1.76 bits per heavy atom. The van der Waals surface area contributed by atoms with Gasteiger partial charge in [0.15, 0.2) is 0 Å². The van der Waals surface area contributed by atoms with Gasteiger partial charge in [0.05, 0.1) is 27.0 Å². The monoisotopic (exact) mass is 421 g/mol. The summed E-state index contributed by atoms with van der Waals surface area (Å²) in [5, 5.41) is 0. The minimum absolute atomic E-state index is 0.0370. The first kappa shape index (κ1) is 20.9. The molecule has 0 bridgehead atoms. The predicted molar refractivity (Wildman–Crippen MR) is 106 cm³/mol. The van der Waals surface area contributed by atoms with Gasteiger partial charge in [-0.15, -0.1) is 0 Å². The van der Waals surface area contributed by atoms with Crippen molar-refractivity contribution >= 4 is 16.0 Å². The van der Waals surface area contributed by atoms with Gasteiger partial charge in [-0.1, -0.05) is 12.1 Å². The van der Waals surface area contributed by atoms with E-state index in [1.54, 1.807) is 49.5 Å². The maximum atomic E-state index is 12.4. The van der Waals surface area contributed by atoms with Gasteiger partial charge in [0, 0.05) is 18.2 Å². The summed E-state index contributed by atoms with van der Waals surface area (Å²) in [6.07, 6.45) is 0.659. The van der Waals surface area contributed by atoms with Crippen molar-refractivity contribution in [3.05, 3.63) is 53.6 Å². The summed E-state index contributed by atoms with van der Waals surface area (Å²) in [6, 6.07) is 12.0. The standard InChI is InChI=1S/C20H23NO7S/c1-25-17-9-6-15(18(10-17)26-2)11-21-12-19(27-13-20(21)22)14-4-7-16(8-5-14)28-29(3,23)24/h4-10,19H,11-13H2,1-3H3/t19-/m0/s1. The SMILES string of the molecule is COc1ccc(CN2C[C@@H](c3ccc(OS(C)(=O)=O)cc3)OCC2=O)c(OC)c1. The first-order chi connectivity index (χ1) is 13.8. The van der Waals surface area contributed by atoms with Crippen molar-refractivity contribution in [3.8, 4) is 17.2 Å². The van der Waals surface area contributed by atoms with Crippen LogP contribution >= 0.6 is 0 Å². The lowest BCUT2D eigenvalue weighted by molar-refractivity contribution is -0.150. The van der Waals surface area contributed by atoms with Gasteiger partial charge in [-0.05, 0) is 29.8 Å². The van der Waals surface area contributed by atoms with Crippen LogP contribution in [0.15, 0.2) is 42.5 Å².